The first kappa shape index (κ1) is 22.2. The molecule has 0 radical (unpaired) electrons. The molecule has 0 N–H and O–H groups in total. The number of carbonyl (C=O) groups is 1. The van der Waals surface area contributed by atoms with E-state index in [9.17, 15) is 14.9 Å². The zero-order chi connectivity index (χ0) is 23.5. The van der Waals surface area contributed by atoms with E-state index in [1.54, 1.807) is 36.4 Å². The Morgan fingerprint density at radius 3 is 2.47 bits per heavy atom. The van der Waals surface area contributed by atoms with Crippen molar-refractivity contribution in [3.8, 4) is 0 Å². The van der Waals surface area contributed by atoms with E-state index in [1.165, 1.54) is 18.9 Å². The summed E-state index contributed by atoms with van der Waals surface area (Å²) in [5, 5.41) is 20.7. The van der Waals surface area contributed by atoms with E-state index in [0.29, 0.717) is 29.9 Å². The van der Waals surface area contributed by atoms with Crippen LogP contribution in [0.5, 0.6) is 0 Å². The molecule has 2 aromatic carbocycles. The fourth-order valence-electron chi connectivity index (χ4n) is 4.84. The van der Waals surface area contributed by atoms with Crippen molar-refractivity contribution in [3.05, 3.63) is 81.4 Å². The van der Waals surface area contributed by atoms with Crippen molar-refractivity contribution in [3.63, 3.8) is 0 Å². The van der Waals surface area contributed by atoms with Gasteiger partial charge in [-0.25, -0.2) is 0 Å². The lowest BCUT2D eigenvalue weighted by atomic mass is 10.0. The molecule has 9 nitrogen and oxygen atoms in total. The minimum Gasteiger partial charge on any atom is -0.363 e. The SMILES string of the molecule is O=C(c1ccccc1)c1ccc(N2CCN(Cc3nnc4n3CCCCC4)CC2)c([N+](=O)[O-])c1. The van der Waals surface area contributed by atoms with Crippen LogP contribution in [0.2, 0.25) is 0 Å². The minimum absolute atomic E-state index is 0.0296. The molecule has 1 saturated heterocycles. The van der Waals surface area contributed by atoms with Crippen LogP contribution in [0.1, 0.15) is 46.8 Å². The summed E-state index contributed by atoms with van der Waals surface area (Å²) in [6.45, 7) is 4.64. The average Bonchev–Trinajstić information content (AvgIpc) is 3.09. The number of hydrogen-bond acceptors (Lipinski definition) is 7. The maximum atomic E-state index is 12.8. The molecule has 0 aliphatic carbocycles. The first-order chi connectivity index (χ1) is 16.6. The third-order valence-electron chi connectivity index (χ3n) is 6.73. The monoisotopic (exact) mass is 460 g/mol. The van der Waals surface area contributed by atoms with Crippen LogP contribution in [0, 0.1) is 10.1 Å². The highest BCUT2D eigenvalue weighted by atomic mass is 16.6. The summed E-state index contributed by atoms with van der Waals surface area (Å²) in [4.78, 5) is 28.6. The maximum absolute atomic E-state index is 12.8. The predicted octanol–water partition coefficient (Wildman–Crippen LogP) is 3.47. The number of aromatic nitrogens is 3. The van der Waals surface area contributed by atoms with Crippen LogP contribution < -0.4 is 4.90 Å². The number of rotatable bonds is 6. The topological polar surface area (TPSA) is 97.4 Å². The second-order valence-corrected chi connectivity index (χ2v) is 8.91. The Morgan fingerprint density at radius 1 is 0.912 bits per heavy atom. The van der Waals surface area contributed by atoms with Crippen molar-refractivity contribution < 1.29 is 9.72 Å². The zero-order valence-electron chi connectivity index (χ0n) is 19.1. The number of anilines is 1. The van der Waals surface area contributed by atoms with E-state index in [2.05, 4.69) is 19.7 Å². The van der Waals surface area contributed by atoms with E-state index in [0.717, 1.165) is 50.7 Å². The van der Waals surface area contributed by atoms with E-state index in [1.807, 2.05) is 11.0 Å². The van der Waals surface area contributed by atoms with E-state index in [4.69, 9.17) is 0 Å². The number of ketones is 1. The van der Waals surface area contributed by atoms with Crippen molar-refractivity contribution in [2.45, 2.75) is 38.8 Å². The molecule has 0 saturated carbocycles. The molecular weight excluding hydrogens is 432 g/mol. The Balaban J connectivity index is 1.28. The molecule has 0 spiro atoms. The van der Waals surface area contributed by atoms with Crippen LogP contribution in [0.3, 0.4) is 0 Å². The van der Waals surface area contributed by atoms with E-state index < -0.39 is 4.92 Å². The summed E-state index contributed by atoms with van der Waals surface area (Å²) in [6, 6.07) is 13.6. The number of hydrogen-bond donors (Lipinski definition) is 0. The largest absolute Gasteiger partial charge is 0.363 e. The van der Waals surface area contributed by atoms with Gasteiger partial charge in [0, 0.05) is 56.3 Å². The van der Waals surface area contributed by atoms with Gasteiger partial charge in [0.15, 0.2) is 5.78 Å². The molecule has 2 aliphatic rings. The summed E-state index contributed by atoms with van der Waals surface area (Å²) < 4.78 is 2.27. The van der Waals surface area contributed by atoms with Crippen LogP contribution in [-0.4, -0.2) is 56.5 Å². The Morgan fingerprint density at radius 2 is 1.71 bits per heavy atom. The number of piperazine rings is 1. The fourth-order valence-corrected chi connectivity index (χ4v) is 4.84. The minimum atomic E-state index is -0.394. The quantitative estimate of drug-likeness (QED) is 0.316. The van der Waals surface area contributed by atoms with Crippen LogP contribution in [0.15, 0.2) is 48.5 Å². The number of benzene rings is 2. The molecule has 2 aliphatic heterocycles. The van der Waals surface area contributed by atoms with Gasteiger partial charge in [-0.15, -0.1) is 10.2 Å². The highest BCUT2D eigenvalue weighted by Crippen LogP contribution is 2.31. The Kier molecular flexibility index (Phi) is 6.35. The predicted molar refractivity (Wildman–Crippen MR) is 128 cm³/mol. The Labute approximate surface area is 198 Å². The van der Waals surface area contributed by atoms with Gasteiger partial charge < -0.3 is 9.47 Å². The van der Waals surface area contributed by atoms with Gasteiger partial charge in [0.2, 0.25) is 0 Å². The summed E-state index contributed by atoms with van der Waals surface area (Å²) in [5.41, 5.74) is 1.38. The maximum Gasteiger partial charge on any atom is 0.293 e. The van der Waals surface area contributed by atoms with Crippen molar-refractivity contribution in [2.75, 3.05) is 31.1 Å². The number of aryl methyl sites for hydroxylation is 1. The smallest absolute Gasteiger partial charge is 0.293 e. The lowest BCUT2D eigenvalue weighted by Crippen LogP contribution is -2.46. The normalized spacial score (nSPS) is 16.6. The summed E-state index contributed by atoms with van der Waals surface area (Å²) >= 11 is 0. The lowest BCUT2D eigenvalue weighted by Gasteiger charge is -2.35. The number of nitro benzene ring substituents is 1. The summed E-state index contributed by atoms with van der Waals surface area (Å²) in [5.74, 6) is 1.89. The third-order valence-corrected chi connectivity index (χ3v) is 6.73. The molecule has 34 heavy (non-hydrogen) atoms. The van der Waals surface area contributed by atoms with Crippen LogP contribution in [-0.2, 0) is 19.5 Å². The molecule has 3 heterocycles. The first-order valence-corrected chi connectivity index (χ1v) is 11.9. The first-order valence-electron chi connectivity index (χ1n) is 11.9. The van der Waals surface area contributed by atoms with Gasteiger partial charge in [-0.3, -0.25) is 19.8 Å². The Bertz CT molecular complexity index is 1180. The Hall–Kier alpha value is -3.59. The van der Waals surface area contributed by atoms with Gasteiger partial charge in [0.1, 0.15) is 17.3 Å². The molecule has 176 valence electrons. The zero-order valence-corrected chi connectivity index (χ0v) is 19.1. The van der Waals surface area contributed by atoms with E-state index in [-0.39, 0.29) is 11.5 Å². The fraction of sp³-hybridized carbons (Fsp3) is 0.400. The molecule has 0 atom stereocenters. The molecule has 3 aromatic rings. The number of carbonyl (C=O) groups excluding carboxylic acids is 1. The third kappa shape index (κ3) is 4.56. The lowest BCUT2D eigenvalue weighted by molar-refractivity contribution is -0.384. The van der Waals surface area contributed by atoms with Gasteiger partial charge >= 0.3 is 0 Å². The van der Waals surface area contributed by atoms with Gasteiger partial charge in [-0.1, -0.05) is 36.8 Å². The van der Waals surface area contributed by atoms with Crippen LogP contribution >= 0.6 is 0 Å². The highest BCUT2D eigenvalue weighted by Gasteiger charge is 2.26. The van der Waals surface area contributed by atoms with Gasteiger partial charge in [0.25, 0.3) is 5.69 Å². The molecule has 0 bridgehead atoms. The van der Waals surface area contributed by atoms with Crippen molar-refractivity contribution >= 4 is 17.2 Å². The standard InChI is InChI=1S/C25H28N6O3/c32-25(19-7-3-1-4-8-19)20-10-11-21(22(17-20)31(33)34)29-15-13-28(14-16-29)18-24-27-26-23-9-5-2-6-12-30(23)24/h1,3-4,7-8,10-11,17H,2,5-6,9,12-16,18H2. The molecule has 0 amide bonds. The second-order valence-electron chi connectivity index (χ2n) is 8.91. The summed E-state index contributed by atoms with van der Waals surface area (Å²) in [7, 11) is 0. The van der Waals surface area contributed by atoms with E-state index >= 15 is 0 Å². The van der Waals surface area contributed by atoms with Crippen molar-refractivity contribution in [2.24, 2.45) is 0 Å². The molecular formula is C25H28N6O3. The molecule has 1 fully saturated rings. The van der Waals surface area contributed by atoms with Crippen molar-refractivity contribution in [1.29, 1.82) is 0 Å². The van der Waals surface area contributed by atoms with Gasteiger partial charge in [-0.2, -0.15) is 0 Å². The highest BCUT2D eigenvalue weighted by molar-refractivity contribution is 6.09. The molecule has 9 heteroatoms. The van der Waals surface area contributed by atoms with Gasteiger partial charge in [-0.05, 0) is 25.0 Å². The molecule has 1 aromatic heterocycles. The van der Waals surface area contributed by atoms with Crippen LogP contribution in [0.25, 0.3) is 0 Å². The number of nitro groups is 1. The average molecular weight is 461 g/mol. The number of nitrogens with zero attached hydrogens (tertiary/aromatic N) is 6. The number of fused-ring (bicyclic) bond motifs is 1. The van der Waals surface area contributed by atoms with Gasteiger partial charge in [0.05, 0.1) is 11.5 Å². The second kappa shape index (κ2) is 9.72. The summed E-state index contributed by atoms with van der Waals surface area (Å²) in [6.07, 6.45) is 4.56. The van der Waals surface area contributed by atoms with Crippen molar-refractivity contribution in [1.82, 2.24) is 19.7 Å². The molecule has 0 unspecified atom stereocenters. The van der Waals surface area contributed by atoms with Crippen LogP contribution in [0.4, 0.5) is 11.4 Å². The molecule has 5 rings (SSSR count).